The highest BCUT2D eigenvalue weighted by atomic mass is 32.1. The van der Waals surface area contributed by atoms with Gasteiger partial charge in [0.1, 0.15) is 5.01 Å². The van der Waals surface area contributed by atoms with Gasteiger partial charge in [-0.05, 0) is 23.4 Å². The van der Waals surface area contributed by atoms with Crippen LogP contribution >= 0.6 is 22.7 Å². The normalized spacial score (nSPS) is 10.5. The molecule has 2 heterocycles. The van der Waals surface area contributed by atoms with Crippen molar-refractivity contribution in [3.05, 3.63) is 63.3 Å². The van der Waals surface area contributed by atoms with E-state index in [9.17, 15) is 9.59 Å². The van der Waals surface area contributed by atoms with Crippen molar-refractivity contribution in [1.29, 1.82) is 0 Å². The van der Waals surface area contributed by atoms with E-state index in [1.54, 1.807) is 28.8 Å². The lowest BCUT2D eigenvalue weighted by Gasteiger charge is -2.03. The Morgan fingerprint density at radius 2 is 1.92 bits per heavy atom. The zero-order valence-corrected chi connectivity index (χ0v) is 14.7. The van der Waals surface area contributed by atoms with Crippen LogP contribution in [0.3, 0.4) is 0 Å². The van der Waals surface area contributed by atoms with Gasteiger partial charge in [-0.2, -0.15) is 11.3 Å². The number of hydrogen-bond donors (Lipinski definition) is 0. The maximum Gasteiger partial charge on any atom is 0.358 e. The number of aryl methyl sites for hydroxylation is 1. The number of thiophene rings is 1. The van der Waals surface area contributed by atoms with Gasteiger partial charge in [0, 0.05) is 21.9 Å². The summed E-state index contributed by atoms with van der Waals surface area (Å²) >= 11 is 2.95. The first-order valence-electron chi connectivity index (χ1n) is 7.44. The Balaban J connectivity index is 1.59. The topological polar surface area (TPSA) is 56.3 Å². The number of benzene rings is 1. The van der Waals surface area contributed by atoms with E-state index in [2.05, 4.69) is 11.9 Å². The fraction of sp³-hybridized carbons (Fsp3) is 0.167. The first kappa shape index (κ1) is 16.5. The first-order valence-corrected chi connectivity index (χ1v) is 9.27. The molecule has 3 aromatic rings. The number of Topliss-reactive ketones (excluding diaryl/α,β-unsaturated/α-hetero) is 1. The molecule has 0 spiro atoms. The van der Waals surface area contributed by atoms with Crippen LogP contribution in [0.5, 0.6) is 0 Å². The molecule has 0 aliphatic rings. The summed E-state index contributed by atoms with van der Waals surface area (Å²) in [5, 5.41) is 6.34. The summed E-state index contributed by atoms with van der Waals surface area (Å²) in [6, 6.07) is 9.27. The summed E-state index contributed by atoms with van der Waals surface area (Å²) in [7, 11) is 0. The zero-order valence-electron chi connectivity index (χ0n) is 13.0. The number of carbonyl (C=O) groups excluding carboxylic acids is 2. The summed E-state index contributed by atoms with van der Waals surface area (Å²) in [6.07, 6.45) is 0.916. The van der Waals surface area contributed by atoms with Crippen LogP contribution in [0, 0.1) is 0 Å². The molecule has 0 saturated heterocycles. The molecule has 0 amide bonds. The van der Waals surface area contributed by atoms with E-state index in [0.717, 1.165) is 22.6 Å². The summed E-state index contributed by atoms with van der Waals surface area (Å²) in [4.78, 5) is 28.4. The molecule has 0 bridgehead atoms. The highest BCUT2D eigenvalue weighted by Gasteiger charge is 2.15. The molecule has 4 nitrogen and oxygen atoms in total. The molecule has 24 heavy (non-hydrogen) atoms. The molecule has 1 aromatic carbocycles. The van der Waals surface area contributed by atoms with Gasteiger partial charge in [-0.1, -0.05) is 31.2 Å². The molecule has 3 rings (SSSR count). The van der Waals surface area contributed by atoms with Crippen molar-refractivity contribution in [3.63, 3.8) is 0 Å². The second-order valence-electron chi connectivity index (χ2n) is 5.10. The van der Waals surface area contributed by atoms with Crippen LogP contribution in [-0.4, -0.2) is 23.3 Å². The fourth-order valence-corrected chi connectivity index (χ4v) is 3.60. The lowest BCUT2D eigenvalue weighted by molar-refractivity contribution is 0.0470. The standard InChI is InChI=1S/C18H15NO3S2/c1-2-12-3-5-13(6-4-12)16(20)9-22-18(21)15-11-24-17(19-15)14-7-8-23-10-14/h3-8,10-11H,2,9H2,1H3. The van der Waals surface area contributed by atoms with E-state index in [1.807, 2.05) is 29.0 Å². The van der Waals surface area contributed by atoms with Gasteiger partial charge in [-0.15, -0.1) is 11.3 Å². The Bertz CT molecular complexity index is 836. The van der Waals surface area contributed by atoms with Gasteiger partial charge in [-0.3, -0.25) is 4.79 Å². The molecule has 0 unspecified atom stereocenters. The quantitative estimate of drug-likeness (QED) is 0.482. The van der Waals surface area contributed by atoms with E-state index in [-0.39, 0.29) is 18.1 Å². The number of rotatable bonds is 6. The number of thiazole rings is 1. The van der Waals surface area contributed by atoms with E-state index in [1.165, 1.54) is 11.3 Å². The zero-order chi connectivity index (χ0) is 16.9. The third-order valence-electron chi connectivity index (χ3n) is 3.50. The third kappa shape index (κ3) is 3.77. The lowest BCUT2D eigenvalue weighted by atomic mass is 10.1. The largest absolute Gasteiger partial charge is 0.453 e. The van der Waals surface area contributed by atoms with Crippen LogP contribution in [0.15, 0.2) is 46.5 Å². The number of esters is 1. The summed E-state index contributed by atoms with van der Waals surface area (Å²) in [6.45, 7) is 1.77. The average Bonchev–Trinajstić information content (AvgIpc) is 3.30. The molecule has 6 heteroatoms. The molecule has 0 N–H and O–H groups in total. The van der Waals surface area contributed by atoms with E-state index < -0.39 is 5.97 Å². The first-order chi connectivity index (χ1) is 11.7. The van der Waals surface area contributed by atoms with Gasteiger partial charge in [0.25, 0.3) is 0 Å². The minimum Gasteiger partial charge on any atom is -0.453 e. The smallest absolute Gasteiger partial charge is 0.358 e. The summed E-state index contributed by atoms with van der Waals surface area (Å²) < 4.78 is 5.09. The monoisotopic (exact) mass is 357 g/mol. The summed E-state index contributed by atoms with van der Waals surface area (Å²) in [5.74, 6) is -0.800. The van der Waals surface area contributed by atoms with Gasteiger partial charge in [0.15, 0.2) is 18.1 Å². The van der Waals surface area contributed by atoms with Crippen molar-refractivity contribution in [3.8, 4) is 10.6 Å². The second kappa shape index (κ2) is 7.51. The van der Waals surface area contributed by atoms with Crippen LogP contribution < -0.4 is 0 Å². The molecule has 0 fully saturated rings. The van der Waals surface area contributed by atoms with Gasteiger partial charge in [0.2, 0.25) is 0 Å². The SMILES string of the molecule is CCc1ccc(C(=O)COC(=O)c2csc(-c3ccsc3)n2)cc1. The third-order valence-corrected chi connectivity index (χ3v) is 5.07. The number of nitrogens with zero attached hydrogens (tertiary/aromatic N) is 1. The summed E-state index contributed by atoms with van der Waals surface area (Å²) in [5.41, 5.74) is 2.91. The van der Waals surface area contributed by atoms with Crippen molar-refractivity contribution in [1.82, 2.24) is 4.98 Å². The van der Waals surface area contributed by atoms with Crippen molar-refractivity contribution >= 4 is 34.4 Å². The van der Waals surface area contributed by atoms with Gasteiger partial charge < -0.3 is 4.74 Å². The van der Waals surface area contributed by atoms with E-state index in [0.29, 0.717) is 5.56 Å². The Morgan fingerprint density at radius 3 is 2.58 bits per heavy atom. The number of ketones is 1. The van der Waals surface area contributed by atoms with E-state index in [4.69, 9.17) is 4.74 Å². The minimum absolute atomic E-state index is 0.223. The highest BCUT2D eigenvalue weighted by Crippen LogP contribution is 2.25. The van der Waals surface area contributed by atoms with Gasteiger partial charge in [-0.25, -0.2) is 9.78 Å². The van der Waals surface area contributed by atoms with Crippen LogP contribution in [0.1, 0.15) is 33.3 Å². The molecule has 0 atom stereocenters. The maximum atomic E-state index is 12.1. The highest BCUT2D eigenvalue weighted by molar-refractivity contribution is 7.14. The van der Waals surface area contributed by atoms with Crippen molar-refractivity contribution in [2.24, 2.45) is 0 Å². The molecular formula is C18H15NO3S2. The number of carbonyl (C=O) groups is 2. The Kier molecular flexibility index (Phi) is 5.17. The Labute approximate surface area is 147 Å². The molecule has 0 saturated carbocycles. The molecular weight excluding hydrogens is 342 g/mol. The predicted octanol–water partition coefficient (Wildman–Crippen LogP) is 4.47. The molecule has 2 aromatic heterocycles. The Hall–Kier alpha value is -2.31. The van der Waals surface area contributed by atoms with Crippen molar-refractivity contribution in [2.45, 2.75) is 13.3 Å². The maximum absolute atomic E-state index is 12.1. The predicted molar refractivity (Wildman–Crippen MR) is 95.9 cm³/mol. The van der Waals surface area contributed by atoms with E-state index >= 15 is 0 Å². The molecule has 122 valence electrons. The number of ether oxygens (including phenoxy) is 1. The van der Waals surface area contributed by atoms with Crippen LogP contribution in [0.4, 0.5) is 0 Å². The fourth-order valence-electron chi connectivity index (χ4n) is 2.10. The van der Waals surface area contributed by atoms with Crippen LogP contribution in [-0.2, 0) is 11.2 Å². The Morgan fingerprint density at radius 1 is 1.12 bits per heavy atom. The van der Waals surface area contributed by atoms with Crippen LogP contribution in [0.25, 0.3) is 10.6 Å². The van der Waals surface area contributed by atoms with Gasteiger partial charge >= 0.3 is 5.97 Å². The average molecular weight is 357 g/mol. The molecule has 0 aliphatic carbocycles. The van der Waals surface area contributed by atoms with Gasteiger partial charge in [0.05, 0.1) is 0 Å². The second-order valence-corrected chi connectivity index (χ2v) is 6.74. The van der Waals surface area contributed by atoms with Crippen LogP contribution in [0.2, 0.25) is 0 Å². The van der Waals surface area contributed by atoms with Crippen molar-refractivity contribution in [2.75, 3.05) is 6.61 Å². The number of hydrogen-bond acceptors (Lipinski definition) is 6. The molecule has 0 radical (unpaired) electrons. The number of aromatic nitrogens is 1. The lowest BCUT2D eigenvalue weighted by Crippen LogP contribution is -2.14. The van der Waals surface area contributed by atoms with Crippen molar-refractivity contribution < 1.29 is 14.3 Å². The molecule has 0 aliphatic heterocycles. The minimum atomic E-state index is -0.578.